The molecule has 19 heavy (non-hydrogen) atoms. The lowest BCUT2D eigenvalue weighted by molar-refractivity contribution is -0.196. The molecule has 1 aromatic rings. The van der Waals surface area contributed by atoms with Crippen LogP contribution in [0, 0.1) is 18.6 Å². The molecular formula is C13H16F5N. The quantitative estimate of drug-likeness (QED) is 0.821. The van der Waals surface area contributed by atoms with Gasteiger partial charge in [0.05, 0.1) is 0 Å². The van der Waals surface area contributed by atoms with E-state index in [4.69, 9.17) is 0 Å². The van der Waals surface area contributed by atoms with Crippen molar-refractivity contribution < 1.29 is 22.0 Å². The maximum atomic E-state index is 13.8. The standard InChI is InChI=1S/C13H16F5N/c1-4-5-19-12(3,13(16,17)18)9-7-10(14)8(2)6-11(9)15/h6-7,19H,4-5H2,1-3H3. The minimum Gasteiger partial charge on any atom is -0.300 e. The maximum Gasteiger partial charge on any atom is 0.410 e. The zero-order valence-electron chi connectivity index (χ0n) is 11.0. The van der Waals surface area contributed by atoms with E-state index in [1.54, 1.807) is 6.92 Å². The van der Waals surface area contributed by atoms with Gasteiger partial charge in [0.2, 0.25) is 0 Å². The van der Waals surface area contributed by atoms with E-state index in [0.717, 1.165) is 13.0 Å². The van der Waals surface area contributed by atoms with Crippen molar-refractivity contribution in [3.63, 3.8) is 0 Å². The van der Waals surface area contributed by atoms with Crippen molar-refractivity contribution in [2.75, 3.05) is 6.54 Å². The van der Waals surface area contributed by atoms with Gasteiger partial charge in [0, 0.05) is 5.56 Å². The third-order valence-electron chi connectivity index (χ3n) is 3.08. The molecule has 0 heterocycles. The number of rotatable bonds is 4. The molecule has 0 fully saturated rings. The van der Waals surface area contributed by atoms with Gasteiger partial charge in [0.1, 0.15) is 17.2 Å². The van der Waals surface area contributed by atoms with E-state index in [9.17, 15) is 22.0 Å². The Kier molecular flexibility index (Phi) is 4.55. The second-order valence-electron chi connectivity index (χ2n) is 4.63. The summed E-state index contributed by atoms with van der Waals surface area (Å²) in [7, 11) is 0. The molecule has 0 bridgehead atoms. The number of nitrogens with one attached hydrogen (secondary N) is 1. The number of hydrogen-bond donors (Lipinski definition) is 1. The van der Waals surface area contributed by atoms with Crippen molar-refractivity contribution >= 4 is 0 Å². The second-order valence-corrected chi connectivity index (χ2v) is 4.63. The van der Waals surface area contributed by atoms with Gasteiger partial charge in [-0.1, -0.05) is 6.92 Å². The summed E-state index contributed by atoms with van der Waals surface area (Å²) in [6.07, 6.45) is -4.29. The van der Waals surface area contributed by atoms with Gasteiger partial charge in [-0.25, -0.2) is 8.78 Å². The average molecular weight is 281 g/mol. The summed E-state index contributed by atoms with van der Waals surface area (Å²) in [5, 5.41) is 2.26. The molecule has 0 aliphatic carbocycles. The molecule has 1 rings (SSSR count). The molecule has 0 aromatic heterocycles. The zero-order chi connectivity index (χ0) is 14.8. The van der Waals surface area contributed by atoms with Crippen molar-refractivity contribution in [2.24, 2.45) is 0 Å². The molecule has 0 aliphatic rings. The molecular weight excluding hydrogens is 265 g/mol. The van der Waals surface area contributed by atoms with Crippen LogP contribution in [0.25, 0.3) is 0 Å². The topological polar surface area (TPSA) is 12.0 Å². The summed E-state index contributed by atoms with van der Waals surface area (Å²) in [6.45, 7) is 3.85. The molecule has 0 spiro atoms. The van der Waals surface area contributed by atoms with E-state index in [0.29, 0.717) is 12.5 Å². The highest BCUT2D eigenvalue weighted by molar-refractivity contribution is 5.32. The summed E-state index contributed by atoms with van der Waals surface area (Å²) >= 11 is 0. The van der Waals surface area contributed by atoms with Gasteiger partial charge < -0.3 is 5.32 Å². The largest absolute Gasteiger partial charge is 0.410 e. The van der Waals surface area contributed by atoms with Gasteiger partial charge in [-0.2, -0.15) is 13.2 Å². The van der Waals surface area contributed by atoms with Crippen molar-refractivity contribution in [2.45, 2.75) is 38.9 Å². The van der Waals surface area contributed by atoms with Gasteiger partial charge in [0.15, 0.2) is 0 Å². The summed E-state index contributed by atoms with van der Waals surface area (Å²) in [5.41, 5.74) is -3.36. The Morgan fingerprint density at radius 3 is 2.16 bits per heavy atom. The number of benzene rings is 1. The van der Waals surface area contributed by atoms with Crippen LogP contribution in [0.3, 0.4) is 0 Å². The molecule has 108 valence electrons. The van der Waals surface area contributed by atoms with Crippen molar-refractivity contribution in [3.05, 3.63) is 34.9 Å². The average Bonchev–Trinajstić information content (AvgIpc) is 2.29. The van der Waals surface area contributed by atoms with E-state index in [-0.39, 0.29) is 12.1 Å². The fraction of sp³-hybridized carbons (Fsp3) is 0.538. The van der Waals surface area contributed by atoms with Gasteiger partial charge in [-0.3, -0.25) is 0 Å². The maximum absolute atomic E-state index is 13.8. The van der Waals surface area contributed by atoms with Gasteiger partial charge in [-0.15, -0.1) is 0 Å². The van der Waals surface area contributed by atoms with E-state index >= 15 is 0 Å². The van der Waals surface area contributed by atoms with Crippen LogP contribution in [0.1, 0.15) is 31.4 Å². The molecule has 0 saturated heterocycles. The smallest absolute Gasteiger partial charge is 0.300 e. The van der Waals surface area contributed by atoms with Crippen molar-refractivity contribution in [1.29, 1.82) is 0 Å². The van der Waals surface area contributed by atoms with Crippen LogP contribution >= 0.6 is 0 Å². The van der Waals surface area contributed by atoms with Gasteiger partial charge in [-0.05, 0) is 44.5 Å². The number of hydrogen-bond acceptors (Lipinski definition) is 1. The highest BCUT2D eigenvalue weighted by Gasteiger charge is 2.53. The Morgan fingerprint density at radius 2 is 1.68 bits per heavy atom. The Hall–Kier alpha value is -1.17. The normalized spacial score (nSPS) is 15.4. The molecule has 1 N–H and O–H groups in total. The van der Waals surface area contributed by atoms with Crippen LogP contribution < -0.4 is 5.32 Å². The van der Waals surface area contributed by atoms with Crippen LogP contribution in [0.15, 0.2) is 12.1 Å². The molecule has 0 saturated carbocycles. The van der Waals surface area contributed by atoms with Crippen LogP contribution in [-0.4, -0.2) is 12.7 Å². The lowest BCUT2D eigenvalue weighted by Crippen LogP contribution is -2.52. The van der Waals surface area contributed by atoms with E-state index in [1.807, 2.05) is 0 Å². The van der Waals surface area contributed by atoms with E-state index in [1.165, 1.54) is 6.92 Å². The third kappa shape index (κ3) is 3.05. The highest BCUT2D eigenvalue weighted by Crippen LogP contribution is 2.40. The molecule has 1 atom stereocenters. The Morgan fingerprint density at radius 1 is 1.11 bits per heavy atom. The third-order valence-corrected chi connectivity index (χ3v) is 3.08. The molecule has 1 nitrogen and oxygen atoms in total. The minimum absolute atomic E-state index is 0.0266. The molecule has 0 aliphatic heterocycles. The Bertz CT molecular complexity index is 455. The molecule has 0 radical (unpaired) electrons. The minimum atomic E-state index is -4.73. The predicted octanol–water partition coefficient (Wildman–Crippen LogP) is 4.05. The number of aryl methyl sites for hydroxylation is 1. The van der Waals surface area contributed by atoms with Crippen LogP contribution in [-0.2, 0) is 5.54 Å². The first kappa shape index (κ1) is 15.9. The molecule has 0 amide bonds. The molecule has 6 heteroatoms. The fourth-order valence-electron chi connectivity index (χ4n) is 1.75. The van der Waals surface area contributed by atoms with Crippen LogP contribution in [0.5, 0.6) is 0 Å². The van der Waals surface area contributed by atoms with Crippen molar-refractivity contribution in [3.8, 4) is 0 Å². The molecule has 1 aromatic carbocycles. The lowest BCUT2D eigenvalue weighted by atomic mass is 9.89. The van der Waals surface area contributed by atoms with Crippen LogP contribution in [0.4, 0.5) is 22.0 Å². The fourth-order valence-corrected chi connectivity index (χ4v) is 1.75. The summed E-state index contributed by atoms with van der Waals surface area (Å²) in [4.78, 5) is 0. The van der Waals surface area contributed by atoms with Gasteiger partial charge >= 0.3 is 6.18 Å². The predicted molar refractivity (Wildman–Crippen MR) is 62.8 cm³/mol. The number of halogens is 5. The monoisotopic (exact) mass is 281 g/mol. The Labute approximate surface area is 108 Å². The van der Waals surface area contributed by atoms with E-state index in [2.05, 4.69) is 5.32 Å². The Balaban J connectivity index is 3.37. The van der Waals surface area contributed by atoms with E-state index < -0.39 is 28.9 Å². The zero-order valence-corrected chi connectivity index (χ0v) is 11.0. The van der Waals surface area contributed by atoms with Crippen molar-refractivity contribution in [1.82, 2.24) is 5.32 Å². The van der Waals surface area contributed by atoms with Gasteiger partial charge in [0.25, 0.3) is 0 Å². The lowest BCUT2D eigenvalue weighted by Gasteiger charge is -2.34. The SMILES string of the molecule is CCCNC(C)(c1cc(F)c(C)cc1F)C(F)(F)F. The first-order valence-corrected chi connectivity index (χ1v) is 5.91. The first-order chi connectivity index (χ1) is 8.63. The summed E-state index contributed by atoms with van der Waals surface area (Å²) < 4.78 is 66.7. The second kappa shape index (κ2) is 5.45. The summed E-state index contributed by atoms with van der Waals surface area (Å²) in [5.74, 6) is -1.92. The highest BCUT2D eigenvalue weighted by atomic mass is 19.4. The van der Waals surface area contributed by atoms with Crippen LogP contribution in [0.2, 0.25) is 0 Å². The molecule has 1 unspecified atom stereocenters. The first-order valence-electron chi connectivity index (χ1n) is 5.91. The number of alkyl halides is 3. The summed E-state index contributed by atoms with van der Waals surface area (Å²) in [6, 6.07) is 1.39.